The molecule has 2 atom stereocenters. The lowest BCUT2D eigenvalue weighted by atomic mass is 9.76. The topological polar surface area (TPSA) is 46.2 Å². The molecule has 2 rings (SSSR count). The van der Waals surface area contributed by atoms with E-state index >= 15 is 0 Å². The zero-order chi connectivity index (χ0) is 17.9. The van der Waals surface area contributed by atoms with Crippen LogP contribution in [-0.4, -0.2) is 14.7 Å². The second kappa shape index (κ2) is 7.47. The Balaban J connectivity index is 2.30. The van der Waals surface area contributed by atoms with Gasteiger partial charge in [-0.2, -0.15) is 0 Å². The summed E-state index contributed by atoms with van der Waals surface area (Å²) >= 11 is 0. The molecule has 130 valence electrons. The van der Waals surface area contributed by atoms with Gasteiger partial charge in [-0.1, -0.05) is 44.2 Å². The van der Waals surface area contributed by atoms with Crippen LogP contribution in [0.5, 0.6) is 0 Å². The lowest BCUT2D eigenvalue weighted by Gasteiger charge is -2.28. The van der Waals surface area contributed by atoms with Gasteiger partial charge in [-0.3, -0.25) is 4.79 Å². The molecular formula is C20H27NO2S. The van der Waals surface area contributed by atoms with Crippen LogP contribution in [0.4, 0.5) is 0 Å². The lowest BCUT2D eigenvalue weighted by Crippen LogP contribution is -2.32. The SMILES string of the molecule is CC(C)[C@H]1CC(c2ccccc2)=CC(=O)/C1=C\NS(=O)C(C)(C)C. The Morgan fingerprint density at radius 3 is 2.38 bits per heavy atom. The fourth-order valence-electron chi connectivity index (χ4n) is 2.75. The van der Waals surface area contributed by atoms with Gasteiger partial charge >= 0.3 is 0 Å². The van der Waals surface area contributed by atoms with Gasteiger partial charge in [0.2, 0.25) is 0 Å². The van der Waals surface area contributed by atoms with E-state index in [2.05, 4.69) is 18.6 Å². The summed E-state index contributed by atoms with van der Waals surface area (Å²) < 4.78 is 14.8. The minimum absolute atomic E-state index is 0.0113. The summed E-state index contributed by atoms with van der Waals surface area (Å²) in [6.07, 6.45) is 4.22. The van der Waals surface area contributed by atoms with Crippen LogP contribution >= 0.6 is 0 Å². The molecule has 0 aliphatic heterocycles. The molecule has 1 aliphatic rings. The average Bonchev–Trinajstić information content (AvgIpc) is 2.52. The summed E-state index contributed by atoms with van der Waals surface area (Å²) in [5, 5.41) is 0. The highest BCUT2D eigenvalue weighted by Crippen LogP contribution is 2.36. The van der Waals surface area contributed by atoms with Gasteiger partial charge in [-0.25, -0.2) is 4.21 Å². The molecule has 1 aromatic carbocycles. The third-order valence-electron chi connectivity index (χ3n) is 4.26. The molecule has 0 spiro atoms. The Hall–Kier alpha value is -1.68. The van der Waals surface area contributed by atoms with Crippen molar-refractivity contribution in [2.75, 3.05) is 0 Å². The van der Waals surface area contributed by atoms with Crippen LogP contribution < -0.4 is 4.72 Å². The van der Waals surface area contributed by atoms with Crippen LogP contribution in [0.2, 0.25) is 0 Å². The number of allylic oxidation sites excluding steroid dienone is 3. The molecule has 3 nitrogen and oxygen atoms in total. The average molecular weight is 346 g/mol. The number of benzene rings is 1. The van der Waals surface area contributed by atoms with Crippen LogP contribution in [0.3, 0.4) is 0 Å². The first-order valence-electron chi connectivity index (χ1n) is 8.38. The maximum Gasteiger partial charge on any atom is 0.183 e. The second-order valence-corrected chi connectivity index (χ2v) is 9.55. The van der Waals surface area contributed by atoms with Crippen molar-refractivity contribution in [3.8, 4) is 0 Å². The van der Waals surface area contributed by atoms with E-state index in [-0.39, 0.29) is 16.4 Å². The molecule has 0 bridgehead atoms. The fraction of sp³-hybridized carbons (Fsp3) is 0.450. The molecule has 0 saturated heterocycles. The van der Waals surface area contributed by atoms with Gasteiger partial charge in [-0.05, 0) is 56.2 Å². The van der Waals surface area contributed by atoms with Crippen LogP contribution in [0.15, 0.2) is 48.2 Å². The van der Waals surface area contributed by atoms with Crippen molar-refractivity contribution in [3.63, 3.8) is 0 Å². The number of carbonyl (C=O) groups is 1. The first-order valence-corrected chi connectivity index (χ1v) is 9.53. The summed E-state index contributed by atoms with van der Waals surface area (Å²) in [7, 11) is -1.23. The molecule has 0 heterocycles. The van der Waals surface area contributed by atoms with E-state index in [4.69, 9.17) is 0 Å². The second-order valence-electron chi connectivity index (χ2n) is 7.55. The van der Waals surface area contributed by atoms with Crippen molar-refractivity contribution in [2.24, 2.45) is 11.8 Å². The highest BCUT2D eigenvalue weighted by Gasteiger charge is 2.29. The van der Waals surface area contributed by atoms with E-state index < -0.39 is 11.0 Å². The molecule has 24 heavy (non-hydrogen) atoms. The highest BCUT2D eigenvalue weighted by atomic mass is 32.2. The molecule has 1 aromatic rings. The molecule has 0 amide bonds. The van der Waals surface area contributed by atoms with Gasteiger partial charge in [-0.15, -0.1) is 0 Å². The van der Waals surface area contributed by atoms with Gasteiger partial charge in [0.15, 0.2) is 5.78 Å². The predicted molar refractivity (Wildman–Crippen MR) is 101 cm³/mol. The Kier molecular flexibility index (Phi) is 5.81. The van der Waals surface area contributed by atoms with E-state index in [1.807, 2.05) is 51.1 Å². The number of hydrogen-bond acceptors (Lipinski definition) is 2. The van der Waals surface area contributed by atoms with Crippen molar-refractivity contribution in [1.29, 1.82) is 0 Å². The van der Waals surface area contributed by atoms with Crippen LogP contribution in [0, 0.1) is 11.8 Å². The van der Waals surface area contributed by atoms with Crippen LogP contribution in [0.25, 0.3) is 5.57 Å². The van der Waals surface area contributed by atoms with E-state index in [9.17, 15) is 9.00 Å². The summed E-state index contributed by atoms with van der Waals surface area (Å²) in [6.45, 7) is 9.97. The van der Waals surface area contributed by atoms with Crippen molar-refractivity contribution in [3.05, 3.63) is 53.7 Å². The van der Waals surface area contributed by atoms with Gasteiger partial charge in [0, 0.05) is 11.8 Å². The third kappa shape index (κ3) is 4.44. The molecule has 1 N–H and O–H groups in total. The molecule has 0 saturated carbocycles. The predicted octanol–water partition coefficient (Wildman–Crippen LogP) is 4.25. The van der Waals surface area contributed by atoms with E-state index in [0.717, 1.165) is 23.1 Å². The lowest BCUT2D eigenvalue weighted by molar-refractivity contribution is -0.112. The standard InChI is InChI=1S/C20H27NO2S/c1-14(2)17-11-16(15-9-7-6-8-10-15)12-19(22)18(17)13-21-24(23)20(3,4)5/h6-10,12-14,17,21H,11H2,1-5H3/b18-13-/t17-,24?/m1/s1. The normalized spacial score (nSPS) is 21.8. The number of ketones is 1. The van der Waals surface area contributed by atoms with Crippen molar-refractivity contribution in [2.45, 2.75) is 45.8 Å². The fourth-order valence-corrected chi connectivity index (χ4v) is 3.34. The molecule has 0 radical (unpaired) electrons. The third-order valence-corrected chi connectivity index (χ3v) is 5.70. The zero-order valence-electron chi connectivity index (χ0n) is 15.1. The van der Waals surface area contributed by atoms with Crippen molar-refractivity contribution in [1.82, 2.24) is 4.72 Å². The maximum absolute atomic E-state index is 12.7. The summed E-state index contributed by atoms with van der Waals surface area (Å²) in [4.78, 5) is 12.7. The van der Waals surface area contributed by atoms with Gasteiger partial charge < -0.3 is 4.72 Å². The summed E-state index contributed by atoms with van der Waals surface area (Å²) in [6, 6.07) is 10.0. The van der Waals surface area contributed by atoms with Gasteiger partial charge in [0.1, 0.15) is 11.0 Å². The number of hydrogen-bond donors (Lipinski definition) is 1. The minimum Gasteiger partial charge on any atom is -0.311 e. The highest BCUT2D eigenvalue weighted by molar-refractivity contribution is 7.84. The van der Waals surface area contributed by atoms with Crippen molar-refractivity contribution < 1.29 is 9.00 Å². The Labute approximate surface area is 147 Å². The van der Waals surface area contributed by atoms with Crippen molar-refractivity contribution >= 4 is 22.3 Å². The minimum atomic E-state index is -1.23. The largest absolute Gasteiger partial charge is 0.311 e. The Morgan fingerprint density at radius 2 is 1.83 bits per heavy atom. The number of nitrogens with one attached hydrogen (secondary N) is 1. The maximum atomic E-state index is 12.7. The van der Waals surface area contributed by atoms with Gasteiger partial charge in [0.05, 0.1) is 4.75 Å². The van der Waals surface area contributed by atoms with E-state index in [1.54, 1.807) is 12.3 Å². The molecular weight excluding hydrogens is 318 g/mol. The smallest absolute Gasteiger partial charge is 0.183 e. The summed E-state index contributed by atoms with van der Waals surface area (Å²) in [5.74, 6) is 0.469. The molecule has 1 aliphatic carbocycles. The number of rotatable bonds is 4. The first kappa shape index (κ1) is 18.7. The van der Waals surface area contributed by atoms with E-state index in [0.29, 0.717) is 5.92 Å². The molecule has 0 aromatic heterocycles. The summed E-state index contributed by atoms with van der Waals surface area (Å²) in [5.41, 5.74) is 2.90. The Morgan fingerprint density at radius 1 is 1.21 bits per heavy atom. The van der Waals surface area contributed by atoms with Crippen LogP contribution in [0.1, 0.15) is 46.6 Å². The zero-order valence-corrected chi connectivity index (χ0v) is 15.9. The van der Waals surface area contributed by atoms with E-state index in [1.165, 1.54) is 0 Å². The van der Waals surface area contributed by atoms with Gasteiger partial charge in [0.25, 0.3) is 0 Å². The first-order chi connectivity index (χ1) is 11.2. The number of carbonyl (C=O) groups excluding carboxylic acids is 1. The monoisotopic (exact) mass is 345 g/mol. The molecule has 4 heteroatoms. The molecule has 1 unspecified atom stereocenters. The van der Waals surface area contributed by atoms with Crippen LogP contribution in [-0.2, 0) is 15.8 Å². The molecule has 0 fully saturated rings. The quantitative estimate of drug-likeness (QED) is 0.829. The Bertz CT molecular complexity index is 681.